The molecule has 1 atom stereocenters. The molecule has 2 nitrogen and oxygen atoms in total. The van der Waals surface area contributed by atoms with Crippen LogP contribution in [0, 0.1) is 0 Å². The molecule has 0 saturated heterocycles. The molecule has 0 amide bonds. The number of rotatable bonds is 5. The van der Waals surface area contributed by atoms with Crippen LogP contribution in [0.5, 0.6) is 0 Å². The Bertz CT molecular complexity index is 76.0. The van der Waals surface area contributed by atoms with Gasteiger partial charge in [-0.3, -0.25) is 0 Å². The Morgan fingerprint density at radius 3 is 2.20 bits per heavy atom. The minimum atomic E-state index is -0.167. The molecule has 0 aliphatic carbocycles. The number of aliphatic hydroxyl groups excluding tert-OH is 1. The predicted octanol–water partition coefficient (Wildman–Crippen LogP) is 0.00820. The van der Waals surface area contributed by atoms with Crippen LogP contribution in [0.2, 0.25) is 5.32 Å². The van der Waals surface area contributed by atoms with Gasteiger partial charge < -0.3 is 0 Å². The van der Waals surface area contributed by atoms with Gasteiger partial charge in [-0.1, -0.05) is 0 Å². The fourth-order valence-corrected chi connectivity index (χ4v) is 1.08. The molecule has 3 heteroatoms. The van der Waals surface area contributed by atoms with Gasteiger partial charge in [0.25, 0.3) is 0 Å². The van der Waals surface area contributed by atoms with E-state index in [-0.39, 0.29) is 6.10 Å². The second-order valence-electron chi connectivity index (χ2n) is 2.32. The van der Waals surface area contributed by atoms with Gasteiger partial charge in [0.15, 0.2) is 0 Å². The van der Waals surface area contributed by atoms with E-state index in [1.807, 2.05) is 0 Å². The van der Waals surface area contributed by atoms with Crippen LogP contribution >= 0.6 is 0 Å². The van der Waals surface area contributed by atoms with Gasteiger partial charge in [0.05, 0.1) is 0 Å². The molecule has 0 rings (SSSR count). The average Bonchev–Trinajstić information content (AvgIpc) is 1.99. The van der Waals surface area contributed by atoms with E-state index < -0.39 is 0 Å². The Morgan fingerprint density at radius 1 is 1.40 bits per heavy atom. The summed E-state index contributed by atoms with van der Waals surface area (Å²) in [6, 6.07) is 0. The van der Waals surface area contributed by atoms with Crippen molar-refractivity contribution >= 4 is 16.0 Å². The third-order valence-corrected chi connectivity index (χ3v) is 2.46. The van der Waals surface area contributed by atoms with Crippen molar-refractivity contribution in [2.24, 2.45) is 0 Å². The van der Waals surface area contributed by atoms with E-state index in [0.717, 1.165) is 25.0 Å². The molecule has 0 aromatic carbocycles. The second kappa shape index (κ2) is 6.17. The number of hydrogen-bond acceptors (Lipinski definition) is 2. The summed E-state index contributed by atoms with van der Waals surface area (Å²) in [6.45, 7) is 7.09. The van der Waals surface area contributed by atoms with E-state index in [4.69, 9.17) is 0 Å². The molecule has 1 N–H and O–H groups in total. The van der Waals surface area contributed by atoms with Crippen molar-refractivity contribution in [2.45, 2.75) is 25.3 Å². The topological polar surface area (TPSA) is 23.5 Å². The van der Waals surface area contributed by atoms with Gasteiger partial charge in [0, 0.05) is 0 Å². The van der Waals surface area contributed by atoms with Crippen molar-refractivity contribution in [3.63, 3.8) is 0 Å². The first-order chi connectivity index (χ1) is 4.74. The van der Waals surface area contributed by atoms with Crippen LogP contribution in [-0.4, -0.2) is 51.8 Å². The third kappa shape index (κ3) is 4.29. The molecular formula is C7H17NOSe. The molecule has 0 bridgehead atoms. The van der Waals surface area contributed by atoms with E-state index >= 15 is 0 Å². The van der Waals surface area contributed by atoms with E-state index in [2.05, 4.69) is 34.8 Å². The number of nitrogens with zero attached hydrogens (tertiary/aromatic N) is 1. The molecule has 0 aromatic heterocycles. The van der Waals surface area contributed by atoms with Gasteiger partial charge >= 0.3 is 70.9 Å². The summed E-state index contributed by atoms with van der Waals surface area (Å²) in [5.74, 6) is 0. The third-order valence-electron chi connectivity index (χ3n) is 1.57. The van der Waals surface area contributed by atoms with E-state index in [1.54, 1.807) is 0 Å². The number of likely N-dealkylation sites (N-methyl/N-ethyl adjacent to an activating group) is 1. The first kappa shape index (κ1) is 10.4. The molecule has 1 unspecified atom stereocenters. The standard InChI is InChI=1S/C7H17NOSe/c1-3-8(4-2)5-7(9)6-10/h7,9-10H,3-6H2,1-2H3. The zero-order chi connectivity index (χ0) is 7.98. The van der Waals surface area contributed by atoms with Gasteiger partial charge in [-0.2, -0.15) is 0 Å². The molecule has 0 fully saturated rings. The molecule has 0 aliphatic rings. The monoisotopic (exact) mass is 211 g/mol. The van der Waals surface area contributed by atoms with Crippen LogP contribution in [0.1, 0.15) is 13.8 Å². The van der Waals surface area contributed by atoms with Crippen molar-refractivity contribution in [2.75, 3.05) is 19.6 Å². The Balaban J connectivity index is 3.41. The van der Waals surface area contributed by atoms with Crippen LogP contribution in [0.15, 0.2) is 0 Å². The Hall–Kier alpha value is 0.439. The number of hydrogen-bond donors (Lipinski definition) is 1. The molecule has 0 aromatic rings. The minimum absolute atomic E-state index is 0.167. The first-order valence-electron chi connectivity index (χ1n) is 3.75. The molecule has 0 spiro atoms. The molecular weight excluding hydrogens is 193 g/mol. The Labute approximate surface area is 71.4 Å². The molecule has 0 aliphatic heterocycles. The van der Waals surface area contributed by atoms with Crippen LogP contribution in [0.4, 0.5) is 0 Å². The van der Waals surface area contributed by atoms with Crippen LogP contribution in [0.25, 0.3) is 0 Å². The summed E-state index contributed by atoms with van der Waals surface area (Å²) in [7, 11) is 0. The van der Waals surface area contributed by atoms with Crippen molar-refractivity contribution in [3.05, 3.63) is 0 Å². The van der Waals surface area contributed by atoms with E-state index in [1.165, 1.54) is 0 Å². The summed E-state index contributed by atoms with van der Waals surface area (Å²) in [5, 5.41) is 10.0. The summed E-state index contributed by atoms with van der Waals surface area (Å²) in [6.07, 6.45) is -0.167. The maximum atomic E-state index is 9.23. The SMILES string of the molecule is CCN(CC)CC(O)C[SeH]. The van der Waals surface area contributed by atoms with Gasteiger partial charge in [0.2, 0.25) is 0 Å². The summed E-state index contributed by atoms with van der Waals surface area (Å²) < 4.78 is 0. The predicted molar refractivity (Wildman–Crippen MR) is 45.8 cm³/mol. The van der Waals surface area contributed by atoms with Gasteiger partial charge in [-0.05, 0) is 0 Å². The Kier molecular flexibility index (Phi) is 6.44. The van der Waals surface area contributed by atoms with Crippen molar-refractivity contribution < 1.29 is 5.11 Å². The zero-order valence-corrected chi connectivity index (χ0v) is 8.62. The van der Waals surface area contributed by atoms with Gasteiger partial charge in [0.1, 0.15) is 0 Å². The average molecular weight is 210 g/mol. The maximum absolute atomic E-state index is 9.23. The van der Waals surface area contributed by atoms with Gasteiger partial charge in [-0.15, -0.1) is 0 Å². The first-order valence-corrected chi connectivity index (χ1v) is 5.08. The van der Waals surface area contributed by atoms with Crippen LogP contribution in [0.3, 0.4) is 0 Å². The summed E-state index contributed by atoms with van der Waals surface area (Å²) in [5.41, 5.74) is 0. The van der Waals surface area contributed by atoms with Gasteiger partial charge in [-0.25, -0.2) is 0 Å². The zero-order valence-electron chi connectivity index (χ0n) is 6.75. The normalized spacial score (nSPS) is 14.1. The fraction of sp³-hybridized carbons (Fsp3) is 1.00. The van der Waals surface area contributed by atoms with Crippen molar-refractivity contribution in [3.8, 4) is 0 Å². The molecule has 0 radical (unpaired) electrons. The quantitative estimate of drug-likeness (QED) is 0.646. The summed E-state index contributed by atoms with van der Waals surface area (Å²) >= 11 is 2.41. The van der Waals surface area contributed by atoms with Crippen LogP contribution in [-0.2, 0) is 0 Å². The molecule has 0 heterocycles. The second-order valence-corrected chi connectivity index (χ2v) is 3.09. The number of aliphatic hydroxyl groups is 1. The molecule has 62 valence electrons. The van der Waals surface area contributed by atoms with E-state index in [0.29, 0.717) is 0 Å². The molecule has 0 saturated carbocycles. The summed E-state index contributed by atoms with van der Waals surface area (Å²) in [4.78, 5) is 2.22. The Morgan fingerprint density at radius 2 is 1.90 bits per heavy atom. The molecule has 10 heavy (non-hydrogen) atoms. The van der Waals surface area contributed by atoms with Crippen molar-refractivity contribution in [1.29, 1.82) is 0 Å². The van der Waals surface area contributed by atoms with Crippen LogP contribution < -0.4 is 0 Å². The van der Waals surface area contributed by atoms with Crippen molar-refractivity contribution in [1.82, 2.24) is 4.90 Å². The van der Waals surface area contributed by atoms with E-state index in [9.17, 15) is 5.11 Å². The fourth-order valence-electron chi connectivity index (χ4n) is 0.838.